The number of aryl methyl sites for hydroxylation is 1. The number of aromatic hydroxyl groups is 1. The second-order valence-electron chi connectivity index (χ2n) is 7.20. The predicted molar refractivity (Wildman–Crippen MR) is 105 cm³/mol. The number of nitrogens with zero attached hydrogens (tertiary/aromatic N) is 4. The Hall–Kier alpha value is -3.16. The standard InChI is InChI=1S/C21H23FN4O3/c1-3-29-21(28)25-10-8-14(9-11-25)17-12-18(27)26-20(23-17)19(13(2)24-26)15-4-6-16(22)7-5-15/h4-7,12,14,27H,3,8-11H2,1-2H3. The SMILES string of the molecule is CCOC(=O)N1CCC(c2cc(O)n3nc(C)c(-c4ccc(F)cc4)c3n2)CC1. The van der Waals surface area contributed by atoms with Gasteiger partial charge in [-0.15, -0.1) is 0 Å². The molecule has 1 amide bonds. The van der Waals surface area contributed by atoms with Gasteiger partial charge in [0.25, 0.3) is 0 Å². The molecule has 1 aromatic carbocycles. The Balaban J connectivity index is 1.66. The molecule has 0 bridgehead atoms. The molecule has 0 aliphatic carbocycles. The van der Waals surface area contributed by atoms with Gasteiger partial charge in [0, 0.05) is 30.6 Å². The van der Waals surface area contributed by atoms with Crippen LogP contribution in [0.5, 0.6) is 5.88 Å². The third kappa shape index (κ3) is 3.62. The third-order valence-electron chi connectivity index (χ3n) is 5.34. The van der Waals surface area contributed by atoms with E-state index in [1.807, 2.05) is 6.92 Å². The van der Waals surface area contributed by atoms with E-state index in [-0.39, 0.29) is 23.7 Å². The van der Waals surface area contributed by atoms with Crippen LogP contribution in [0.2, 0.25) is 0 Å². The number of hydrogen-bond donors (Lipinski definition) is 1. The van der Waals surface area contributed by atoms with Crippen molar-refractivity contribution in [3.63, 3.8) is 0 Å². The molecule has 3 heterocycles. The van der Waals surface area contributed by atoms with Crippen molar-refractivity contribution in [3.05, 3.63) is 47.5 Å². The molecule has 1 fully saturated rings. The van der Waals surface area contributed by atoms with E-state index in [0.29, 0.717) is 31.0 Å². The minimum Gasteiger partial charge on any atom is -0.493 e. The van der Waals surface area contributed by atoms with E-state index in [4.69, 9.17) is 9.72 Å². The van der Waals surface area contributed by atoms with Crippen LogP contribution in [0.1, 0.15) is 37.1 Å². The van der Waals surface area contributed by atoms with Gasteiger partial charge in [-0.25, -0.2) is 14.2 Å². The molecule has 3 aromatic rings. The number of ether oxygens (including phenoxy) is 1. The summed E-state index contributed by atoms with van der Waals surface area (Å²) in [4.78, 5) is 18.4. The minimum atomic E-state index is -0.312. The Morgan fingerprint density at radius 2 is 1.97 bits per heavy atom. The van der Waals surface area contributed by atoms with Crippen molar-refractivity contribution in [2.24, 2.45) is 0 Å². The fourth-order valence-electron chi connectivity index (χ4n) is 3.86. The second kappa shape index (κ2) is 7.69. The first-order valence-corrected chi connectivity index (χ1v) is 9.74. The van der Waals surface area contributed by atoms with Crippen molar-refractivity contribution in [3.8, 4) is 17.0 Å². The number of benzene rings is 1. The highest BCUT2D eigenvalue weighted by Crippen LogP contribution is 2.33. The molecule has 29 heavy (non-hydrogen) atoms. The molecule has 0 atom stereocenters. The maximum absolute atomic E-state index is 13.3. The number of carbonyl (C=O) groups is 1. The first-order chi connectivity index (χ1) is 14.0. The Morgan fingerprint density at radius 1 is 1.28 bits per heavy atom. The molecular weight excluding hydrogens is 375 g/mol. The maximum Gasteiger partial charge on any atom is 0.409 e. The zero-order valence-electron chi connectivity index (χ0n) is 16.4. The van der Waals surface area contributed by atoms with Gasteiger partial charge < -0.3 is 14.7 Å². The van der Waals surface area contributed by atoms with Crippen LogP contribution in [0.4, 0.5) is 9.18 Å². The van der Waals surface area contributed by atoms with E-state index in [0.717, 1.165) is 29.7 Å². The lowest BCUT2D eigenvalue weighted by Crippen LogP contribution is -2.38. The first kappa shape index (κ1) is 19.2. The molecule has 0 unspecified atom stereocenters. The summed E-state index contributed by atoms with van der Waals surface area (Å²) in [6.45, 7) is 5.15. The number of halogens is 1. The van der Waals surface area contributed by atoms with Crippen LogP contribution in [0.3, 0.4) is 0 Å². The number of rotatable bonds is 3. The van der Waals surface area contributed by atoms with Crippen LogP contribution >= 0.6 is 0 Å². The van der Waals surface area contributed by atoms with E-state index >= 15 is 0 Å². The third-order valence-corrected chi connectivity index (χ3v) is 5.34. The zero-order chi connectivity index (χ0) is 20.5. The van der Waals surface area contributed by atoms with Gasteiger partial charge in [-0.3, -0.25) is 0 Å². The molecule has 7 nitrogen and oxygen atoms in total. The van der Waals surface area contributed by atoms with Gasteiger partial charge in [-0.1, -0.05) is 12.1 Å². The summed E-state index contributed by atoms with van der Waals surface area (Å²) >= 11 is 0. The van der Waals surface area contributed by atoms with Gasteiger partial charge in [0.1, 0.15) is 5.82 Å². The first-order valence-electron chi connectivity index (χ1n) is 9.74. The van der Waals surface area contributed by atoms with Crippen LogP contribution in [0.15, 0.2) is 30.3 Å². The average molecular weight is 398 g/mol. The lowest BCUT2D eigenvalue weighted by molar-refractivity contribution is 0.0968. The summed E-state index contributed by atoms with van der Waals surface area (Å²) in [7, 11) is 0. The molecule has 1 saturated heterocycles. The van der Waals surface area contributed by atoms with Crippen LogP contribution in [-0.2, 0) is 4.74 Å². The monoisotopic (exact) mass is 398 g/mol. The van der Waals surface area contributed by atoms with Crippen molar-refractivity contribution in [1.29, 1.82) is 0 Å². The Bertz CT molecular complexity index is 1040. The molecular formula is C21H23FN4O3. The topological polar surface area (TPSA) is 80.0 Å². The summed E-state index contributed by atoms with van der Waals surface area (Å²) in [6, 6.07) is 7.80. The number of fused-ring (bicyclic) bond motifs is 1. The highest BCUT2D eigenvalue weighted by atomic mass is 19.1. The molecule has 1 aliphatic rings. The van der Waals surface area contributed by atoms with Crippen molar-refractivity contribution < 1.29 is 19.0 Å². The smallest absolute Gasteiger partial charge is 0.409 e. The summed E-state index contributed by atoms with van der Waals surface area (Å²) in [5.74, 6) is -0.185. The molecule has 0 spiro atoms. The molecule has 0 radical (unpaired) electrons. The second-order valence-corrected chi connectivity index (χ2v) is 7.20. The maximum atomic E-state index is 13.3. The lowest BCUT2D eigenvalue weighted by atomic mass is 9.93. The molecule has 2 aromatic heterocycles. The van der Waals surface area contributed by atoms with Gasteiger partial charge in [-0.05, 0) is 44.4 Å². The summed E-state index contributed by atoms with van der Waals surface area (Å²) < 4.78 is 19.8. The lowest BCUT2D eigenvalue weighted by Gasteiger charge is -2.31. The number of hydrogen-bond acceptors (Lipinski definition) is 5. The van der Waals surface area contributed by atoms with Gasteiger partial charge in [0.15, 0.2) is 5.65 Å². The van der Waals surface area contributed by atoms with Gasteiger partial charge in [0.05, 0.1) is 18.0 Å². The van der Waals surface area contributed by atoms with E-state index in [1.54, 1.807) is 30.0 Å². The number of carbonyl (C=O) groups excluding carboxylic acids is 1. The number of piperidine rings is 1. The van der Waals surface area contributed by atoms with Gasteiger partial charge in [0.2, 0.25) is 5.88 Å². The fourth-order valence-corrected chi connectivity index (χ4v) is 3.86. The summed E-state index contributed by atoms with van der Waals surface area (Å²) in [5, 5.41) is 14.9. The van der Waals surface area contributed by atoms with E-state index in [9.17, 15) is 14.3 Å². The molecule has 1 aliphatic heterocycles. The van der Waals surface area contributed by atoms with Crippen molar-refractivity contribution in [1.82, 2.24) is 19.5 Å². The molecule has 0 saturated carbocycles. The van der Waals surface area contributed by atoms with Crippen LogP contribution in [-0.4, -0.2) is 50.4 Å². The van der Waals surface area contributed by atoms with Crippen LogP contribution in [0, 0.1) is 12.7 Å². The molecule has 152 valence electrons. The Labute approximate surface area is 167 Å². The number of aromatic nitrogens is 3. The summed E-state index contributed by atoms with van der Waals surface area (Å²) in [5.41, 5.74) is 3.57. The van der Waals surface area contributed by atoms with Crippen molar-refractivity contribution in [2.75, 3.05) is 19.7 Å². The Morgan fingerprint density at radius 3 is 2.62 bits per heavy atom. The zero-order valence-corrected chi connectivity index (χ0v) is 16.4. The normalized spacial score (nSPS) is 15.1. The van der Waals surface area contributed by atoms with Crippen molar-refractivity contribution in [2.45, 2.75) is 32.6 Å². The highest BCUT2D eigenvalue weighted by Gasteiger charge is 2.27. The van der Waals surface area contributed by atoms with E-state index in [1.165, 1.54) is 16.6 Å². The van der Waals surface area contributed by atoms with E-state index in [2.05, 4.69) is 5.10 Å². The number of likely N-dealkylation sites (tertiary alicyclic amines) is 1. The van der Waals surface area contributed by atoms with E-state index < -0.39 is 0 Å². The Kier molecular flexibility index (Phi) is 5.08. The van der Waals surface area contributed by atoms with Gasteiger partial charge >= 0.3 is 6.09 Å². The molecule has 1 N–H and O–H groups in total. The molecule has 8 heteroatoms. The van der Waals surface area contributed by atoms with Crippen molar-refractivity contribution >= 4 is 11.7 Å². The van der Waals surface area contributed by atoms with Crippen LogP contribution in [0.25, 0.3) is 16.8 Å². The molecule has 4 rings (SSSR count). The van der Waals surface area contributed by atoms with Crippen LogP contribution < -0.4 is 0 Å². The van der Waals surface area contributed by atoms with Gasteiger partial charge in [-0.2, -0.15) is 9.61 Å². The quantitative estimate of drug-likeness (QED) is 0.724. The minimum absolute atomic E-state index is 0.00860. The fraction of sp³-hybridized carbons (Fsp3) is 0.381. The summed E-state index contributed by atoms with van der Waals surface area (Å²) in [6.07, 6.45) is 1.18. The average Bonchev–Trinajstić information content (AvgIpc) is 3.05. The predicted octanol–water partition coefficient (Wildman–Crippen LogP) is 3.89. The largest absolute Gasteiger partial charge is 0.493 e. The highest BCUT2D eigenvalue weighted by molar-refractivity contribution is 5.80. The number of amides is 1.